The van der Waals surface area contributed by atoms with Gasteiger partial charge in [0.15, 0.2) is 5.76 Å². The molecule has 7 heteroatoms. The Labute approximate surface area is 123 Å². The molecule has 0 bridgehead atoms. The third-order valence-electron chi connectivity index (χ3n) is 4.05. The maximum Gasteiger partial charge on any atom is 0.408 e. The molecule has 104 valence electrons. The van der Waals surface area contributed by atoms with Crippen LogP contribution in [0.2, 0.25) is 4.34 Å². The molecule has 2 aromatic heterocycles. The largest absolute Gasteiger partial charge is 0.465 e. The van der Waals surface area contributed by atoms with Crippen LogP contribution in [0.5, 0.6) is 0 Å². The van der Waals surface area contributed by atoms with E-state index in [4.69, 9.17) is 16.1 Å². The molecule has 0 radical (unpaired) electrons. The van der Waals surface area contributed by atoms with Crippen LogP contribution in [0.3, 0.4) is 0 Å². The highest BCUT2D eigenvalue weighted by molar-refractivity contribution is 7.14. The van der Waals surface area contributed by atoms with Gasteiger partial charge in [0.25, 0.3) is 0 Å². The Hall–Kier alpha value is -1.53. The zero-order valence-electron chi connectivity index (χ0n) is 10.3. The van der Waals surface area contributed by atoms with Gasteiger partial charge in [-0.15, -0.1) is 11.3 Å². The number of carboxylic acid groups (broad SMARTS) is 1. The predicted molar refractivity (Wildman–Crippen MR) is 73.9 cm³/mol. The molecule has 1 saturated heterocycles. The minimum atomic E-state index is -0.872. The van der Waals surface area contributed by atoms with Crippen molar-refractivity contribution in [3.8, 4) is 11.3 Å². The third kappa shape index (κ3) is 1.83. The second-order valence-electron chi connectivity index (χ2n) is 5.26. The maximum absolute atomic E-state index is 11.4. The van der Waals surface area contributed by atoms with Gasteiger partial charge in [-0.3, -0.25) is 4.90 Å². The molecule has 1 amide bonds. The number of nitrogens with zero attached hydrogens (tertiary/aromatic N) is 2. The lowest BCUT2D eigenvalue weighted by molar-refractivity contribution is 0.128. The van der Waals surface area contributed by atoms with Crippen molar-refractivity contribution in [1.82, 2.24) is 10.1 Å². The number of aromatic nitrogens is 1. The smallest absolute Gasteiger partial charge is 0.408 e. The van der Waals surface area contributed by atoms with Gasteiger partial charge in [0.1, 0.15) is 5.69 Å². The quantitative estimate of drug-likeness (QED) is 0.914. The summed E-state index contributed by atoms with van der Waals surface area (Å²) in [4.78, 5) is 12.9. The van der Waals surface area contributed by atoms with Gasteiger partial charge in [-0.25, -0.2) is 4.79 Å². The molecule has 0 unspecified atom stereocenters. The van der Waals surface area contributed by atoms with Crippen LogP contribution in [0.1, 0.15) is 24.6 Å². The molecule has 20 heavy (non-hydrogen) atoms. The fourth-order valence-corrected chi connectivity index (χ4v) is 3.89. The summed E-state index contributed by atoms with van der Waals surface area (Å²) in [5.41, 5.74) is 1.57. The minimum absolute atomic E-state index is 0.174. The van der Waals surface area contributed by atoms with Crippen molar-refractivity contribution in [3.63, 3.8) is 0 Å². The normalized spacial score (nSPS) is 27.6. The van der Waals surface area contributed by atoms with E-state index < -0.39 is 6.09 Å². The second kappa shape index (κ2) is 4.23. The monoisotopic (exact) mass is 310 g/mol. The zero-order valence-corrected chi connectivity index (χ0v) is 11.9. The van der Waals surface area contributed by atoms with Crippen molar-refractivity contribution >= 4 is 29.0 Å². The van der Waals surface area contributed by atoms with Crippen LogP contribution in [0, 0.1) is 5.92 Å². The van der Waals surface area contributed by atoms with Gasteiger partial charge in [-0.05, 0) is 24.8 Å². The van der Waals surface area contributed by atoms with E-state index in [1.54, 1.807) is 0 Å². The van der Waals surface area contributed by atoms with E-state index in [-0.39, 0.29) is 12.1 Å². The van der Waals surface area contributed by atoms with Gasteiger partial charge in [-0.1, -0.05) is 16.8 Å². The van der Waals surface area contributed by atoms with Crippen molar-refractivity contribution in [2.45, 2.75) is 24.9 Å². The lowest BCUT2D eigenvalue weighted by Crippen LogP contribution is -2.32. The number of thiophene rings is 1. The molecule has 1 N–H and O–H groups in total. The summed E-state index contributed by atoms with van der Waals surface area (Å²) in [7, 11) is 0. The van der Waals surface area contributed by atoms with Crippen LogP contribution >= 0.6 is 22.9 Å². The van der Waals surface area contributed by atoms with Gasteiger partial charge in [0.2, 0.25) is 0 Å². The standard InChI is InChI=1S/C13H11ClN2O3S/c14-12-3-7(5-20-12)11-4-8(15-19-11)10-2-6-1-9(6)16(10)13(17)18/h3-6,9-10H,1-2H2,(H,17,18)/t6-,9-,10-/m1/s1. The first kappa shape index (κ1) is 12.2. The molecule has 3 atom stereocenters. The molecule has 3 heterocycles. The Morgan fingerprint density at radius 3 is 3.05 bits per heavy atom. The van der Waals surface area contributed by atoms with Gasteiger partial charge in [0.05, 0.1) is 10.4 Å². The van der Waals surface area contributed by atoms with Crippen molar-refractivity contribution < 1.29 is 14.4 Å². The van der Waals surface area contributed by atoms with E-state index in [0.717, 1.165) is 18.4 Å². The first-order valence-corrected chi connectivity index (χ1v) is 7.61. The number of hydrogen-bond donors (Lipinski definition) is 1. The fraction of sp³-hybridized carbons (Fsp3) is 0.385. The van der Waals surface area contributed by atoms with E-state index in [1.165, 1.54) is 16.2 Å². The highest BCUT2D eigenvalue weighted by Gasteiger charge is 2.55. The Balaban J connectivity index is 1.63. The average molecular weight is 311 g/mol. The third-order valence-corrected chi connectivity index (χ3v) is 5.14. The minimum Gasteiger partial charge on any atom is -0.465 e. The van der Waals surface area contributed by atoms with Gasteiger partial charge in [0, 0.05) is 23.1 Å². The van der Waals surface area contributed by atoms with E-state index in [2.05, 4.69) is 5.16 Å². The van der Waals surface area contributed by atoms with Crippen LogP contribution in [0.25, 0.3) is 11.3 Å². The topological polar surface area (TPSA) is 66.6 Å². The molecule has 2 fully saturated rings. The van der Waals surface area contributed by atoms with Crippen molar-refractivity contribution in [2.24, 2.45) is 5.92 Å². The summed E-state index contributed by atoms with van der Waals surface area (Å²) in [5, 5.41) is 15.3. The molecule has 0 spiro atoms. The SMILES string of the molecule is O=C(O)N1[C@@H](c2cc(-c3csc(Cl)c3)on2)C[C@H]2C[C@H]21. The summed E-state index contributed by atoms with van der Waals surface area (Å²) in [6, 6.07) is 3.64. The number of fused-ring (bicyclic) bond motifs is 1. The highest BCUT2D eigenvalue weighted by Crippen LogP contribution is 2.53. The summed E-state index contributed by atoms with van der Waals surface area (Å²) in [6.45, 7) is 0. The molecule has 2 aromatic rings. The number of rotatable bonds is 2. The Morgan fingerprint density at radius 1 is 1.50 bits per heavy atom. The number of likely N-dealkylation sites (tertiary alicyclic amines) is 1. The molecule has 2 aliphatic rings. The summed E-state index contributed by atoms with van der Waals surface area (Å²) >= 11 is 7.33. The van der Waals surface area contributed by atoms with Crippen LogP contribution in [0.15, 0.2) is 22.0 Å². The van der Waals surface area contributed by atoms with Crippen molar-refractivity contribution in [1.29, 1.82) is 0 Å². The van der Waals surface area contributed by atoms with Gasteiger partial charge < -0.3 is 9.63 Å². The molecular weight excluding hydrogens is 300 g/mol. The Morgan fingerprint density at radius 2 is 2.35 bits per heavy atom. The molecule has 1 saturated carbocycles. The van der Waals surface area contributed by atoms with E-state index in [0.29, 0.717) is 21.7 Å². The van der Waals surface area contributed by atoms with Crippen molar-refractivity contribution in [2.75, 3.05) is 0 Å². The molecule has 4 rings (SSSR count). The molecule has 1 aliphatic heterocycles. The van der Waals surface area contributed by atoms with E-state index in [9.17, 15) is 9.90 Å². The fourth-order valence-electron chi connectivity index (χ4n) is 3.02. The van der Waals surface area contributed by atoms with Crippen molar-refractivity contribution in [3.05, 3.63) is 27.5 Å². The summed E-state index contributed by atoms with van der Waals surface area (Å²) < 4.78 is 6.02. The van der Waals surface area contributed by atoms with Gasteiger partial charge >= 0.3 is 6.09 Å². The first-order valence-electron chi connectivity index (χ1n) is 6.36. The van der Waals surface area contributed by atoms with E-state index in [1.807, 2.05) is 17.5 Å². The number of amides is 1. The van der Waals surface area contributed by atoms with Crippen LogP contribution in [-0.4, -0.2) is 27.3 Å². The average Bonchev–Trinajstić information content (AvgIpc) is 2.87. The van der Waals surface area contributed by atoms with Crippen LogP contribution in [-0.2, 0) is 0 Å². The summed E-state index contributed by atoms with van der Waals surface area (Å²) in [6.07, 6.45) is 0.948. The number of carbonyl (C=O) groups is 1. The summed E-state index contributed by atoms with van der Waals surface area (Å²) in [5.74, 6) is 1.13. The second-order valence-corrected chi connectivity index (χ2v) is 6.80. The maximum atomic E-state index is 11.4. The molecular formula is C13H11ClN2O3S. The Kier molecular flexibility index (Phi) is 2.59. The lowest BCUT2D eigenvalue weighted by atomic mass is 10.1. The van der Waals surface area contributed by atoms with E-state index >= 15 is 0 Å². The molecule has 1 aliphatic carbocycles. The van der Waals surface area contributed by atoms with Crippen LogP contribution < -0.4 is 0 Å². The lowest BCUT2D eigenvalue weighted by Gasteiger charge is -2.22. The molecule has 5 nitrogen and oxygen atoms in total. The number of piperidine rings is 1. The number of halogens is 1. The highest BCUT2D eigenvalue weighted by atomic mass is 35.5. The van der Waals surface area contributed by atoms with Gasteiger partial charge in [-0.2, -0.15) is 0 Å². The predicted octanol–water partition coefficient (Wildman–Crippen LogP) is 3.87. The Bertz CT molecular complexity index is 683. The zero-order chi connectivity index (χ0) is 13.9. The first-order chi connectivity index (χ1) is 9.63. The number of hydrogen-bond acceptors (Lipinski definition) is 4. The molecule has 0 aromatic carbocycles. The van der Waals surface area contributed by atoms with Crippen LogP contribution in [0.4, 0.5) is 4.79 Å².